The standard InChI is InChI=1S/C23H17N3O/c27-18-11-9-16-7-4-8-20(19(16)14-18)24-23-25-21-12-10-17(13-22(21)26-23)15-5-2-1-3-6-15/h1-14,27H,(H2,24,25,26). The third-order valence-corrected chi connectivity index (χ3v) is 4.71. The molecule has 0 spiro atoms. The first-order valence-corrected chi connectivity index (χ1v) is 8.80. The molecule has 0 saturated heterocycles. The minimum absolute atomic E-state index is 0.244. The van der Waals surface area contributed by atoms with Gasteiger partial charge in [-0.25, -0.2) is 4.98 Å². The number of phenolic OH excluding ortho intramolecular Hbond substituents is 1. The number of hydrogen-bond acceptors (Lipinski definition) is 3. The highest BCUT2D eigenvalue weighted by atomic mass is 16.3. The maximum absolute atomic E-state index is 9.82. The number of hydrogen-bond donors (Lipinski definition) is 3. The Bertz CT molecular complexity index is 1260. The lowest BCUT2D eigenvalue weighted by atomic mass is 10.1. The van der Waals surface area contributed by atoms with Gasteiger partial charge in [0.25, 0.3) is 0 Å². The van der Waals surface area contributed by atoms with E-state index in [2.05, 4.69) is 34.6 Å². The number of nitrogens with one attached hydrogen (secondary N) is 2. The minimum atomic E-state index is 0.244. The first-order chi connectivity index (χ1) is 13.3. The molecule has 0 amide bonds. The van der Waals surface area contributed by atoms with Crippen LogP contribution in [0.4, 0.5) is 11.6 Å². The van der Waals surface area contributed by atoms with Crippen LogP contribution in [0, 0.1) is 0 Å². The number of phenols is 1. The predicted octanol–water partition coefficient (Wildman–Crippen LogP) is 5.83. The number of aromatic hydroxyl groups is 1. The molecule has 0 bridgehead atoms. The topological polar surface area (TPSA) is 60.9 Å². The molecule has 0 atom stereocenters. The summed E-state index contributed by atoms with van der Waals surface area (Å²) in [5.41, 5.74) is 5.07. The van der Waals surface area contributed by atoms with E-state index in [9.17, 15) is 5.11 Å². The van der Waals surface area contributed by atoms with Crippen molar-refractivity contribution in [3.63, 3.8) is 0 Å². The fourth-order valence-electron chi connectivity index (χ4n) is 3.37. The molecule has 0 saturated carbocycles. The van der Waals surface area contributed by atoms with E-state index in [-0.39, 0.29) is 5.75 Å². The maximum atomic E-state index is 9.82. The van der Waals surface area contributed by atoms with E-state index < -0.39 is 0 Å². The van der Waals surface area contributed by atoms with Crippen LogP contribution in [0.5, 0.6) is 5.75 Å². The second-order valence-corrected chi connectivity index (χ2v) is 6.52. The van der Waals surface area contributed by atoms with Gasteiger partial charge in [-0.15, -0.1) is 0 Å². The number of rotatable bonds is 3. The minimum Gasteiger partial charge on any atom is -0.508 e. The predicted molar refractivity (Wildman–Crippen MR) is 110 cm³/mol. The van der Waals surface area contributed by atoms with E-state index in [1.54, 1.807) is 12.1 Å². The van der Waals surface area contributed by atoms with Crippen LogP contribution < -0.4 is 5.32 Å². The fourth-order valence-corrected chi connectivity index (χ4v) is 3.37. The number of aromatic nitrogens is 2. The van der Waals surface area contributed by atoms with Crippen molar-refractivity contribution >= 4 is 33.4 Å². The van der Waals surface area contributed by atoms with Crippen molar-refractivity contribution in [3.8, 4) is 16.9 Å². The lowest BCUT2D eigenvalue weighted by molar-refractivity contribution is 0.476. The molecule has 0 aliphatic heterocycles. The monoisotopic (exact) mass is 351 g/mol. The first-order valence-electron chi connectivity index (χ1n) is 8.80. The summed E-state index contributed by atoms with van der Waals surface area (Å²) < 4.78 is 0. The van der Waals surface area contributed by atoms with Gasteiger partial charge in [-0.1, -0.05) is 54.6 Å². The molecule has 1 aromatic heterocycles. The van der Waals surface area contributed by atoms with Gasteiger partial charge in [0.05, 0.1) is 11.0 Å². The van der Waals surface area contributed by atoms with Crippen molar-refractivity contribution in [2.75, 3.05) is 5.32 Å². The summed E-state index contributed by atoms with van der Waals surface area (Å²) in [4.78, 5) is 8.01. The van der Waals surface area contributed by atoms with E-state index in [0.717, 1.165) is 33.1 Å². The van der Waals surface area contributed by atoms with Gasteiger partial charge in [0.2, 0.25) is 5.95 Å². The van der Waals surface area contributed by atoms with Crippen LogP contribution >= 0.6 is 0 Å². The number of imidazole rings is 1. The van der Waals surface area contributed by atoms with E-state index in [1.165, 1.54) is 5.56 Å². The molecule has 27 heavy (non-hydrogen) atoms. The Morgan fingerprint density at radius 3 is 2.56 bits per heavy atom. The molecule has 5 aromatic rings. The molecule has 0 unspecified atom stereocenters. The summed E-state index contributed by atoms with van der Waals surface area (Å²) in [5, 5.41) is 15.2. The maximum Gasteiger partial charge on any atom is 0.205 e. The van der Waals surface area contributed by atoms with Crippen molar-refractivity contribution in [3.05, 3.63) is 84.9 Å². The molecule has 0 fully saturated rings. The average Bonchev–Trinajstić information content (AvgIpc) is 3.10. The molecule has 4 heteroatoms. The van der Waals surface area contributed by atoms with Crippen LogP contribution in [0.25, 0.3) is 32.9 Å². The number of anilines is 2. The third-order valence-electron chi connectivity index (χ3n) is 4.71. The first kappa shape index (κ1) is 15.5. The van der Waals surface area contributed by atoms with Crippen LogP contribution in [0.15, 0.2) is 84.9 Å². The Hall–Kier alpha value is -3.79. The van der Waals surface area contributed by atoms with Gasteiger partial charge in [-0.3, -0.25) is 0 Å². The number of benzene rings is 4. The van der Waals surface area contributed by atoms with E-state index in [4.69, 9.17) is 4.98 Å². The van der Waals surface area contributed by atoms with Crippen LogP contribution in [0.1, 0.15) is 0 Å². The van der Waals surface area contributed by atoms with Crippen LogP contribution in [-0.4, -0.2) is 15.1 Å². The summed E-state index contributed by atoms with van der Waals surface area (Å²) in [6.07, 6.45) is 0. The number of fused-ring (bicyclic) bond motifs is 2. The number of nitrogens with zero attached hydrogens (tertiary/aromatic N) is 1. The van der Waals surface area contributed by atoms with E-state index >= 15 is 0 Å². The number of aromatic amines is 1. The Morgan fingerprint density at radius 2 is 1.67 bits per heavy atom. The quantitative estimate of drug-likeness (QED) is 0.383. The average molecular weight is 351 g/mol. The van der Waals surface area contributed by atoms with Crippen LogP contribution in [0.3, 0.4) is 0 Å². The smallest absolute Gasteiger partial charge is 0.205 e. The van der Waals surface area contributed by atoms with E-state index in [0.29, 0.717) is 5.95 Å². The zero-order valence-corrected chi connectivity index (χ0v) is 14.5. The summed E-state index contributed by atoms with van der Waals surface area (Å²) in [5.74, 6) is 0.917. The second kappa shape index (κ2) is 6.18. The molecule has 0 radical (unpaired) electrons. The Labute approximate surface area is 156 Å². The SMILES string of the molecule is Oc1ccc2cccc(Nc3nc4cc(-c5ccccc5)ccc4[nH]3)c2c1. The van der Waals surface area contributed by atoms with Gasteiger partial charge in [0, 0.05) is 11.1 Å². The van der Waals surface area contributed by atoms with Crippen molar-refractivity contribution in [2.45, 2.75) is 0 Å². The molecule has 130 valence electrons. The summed E-state index contributed by atoms with van der Waals surface area (Å²) >= 11 is 0. The normalized spacial score (nSPS) is 11.1. The molecule has 4 nitrogen and oxygen atoms in total. The zero-order valence-electron chi connectivity index (χ0n) is 14.5. The molecule has 1 heterocycles. The lowest BCUT2D eigenvalue weighted by Crippen LogP contribution is -1.93. The lowest BCUT2D eigenvalue weighted by Gasteiger charge is -2.07. The van der Waals surface area contributed by atoms with Gasteiger partial charge in [0.1, 0.15) is 5.75 Å². The Morgan fingerprint density at radius 1 is 0.778 bits per heavy atom. The van der Waals surface area contributed by atoms with Crippen LogP contribution in [-0.2, 0) is 0 Å². The van der Waals surface area contributed by atoms with Gasteiger partial charge < -0.3 is 15.4 Å². The second-order valence-electron chi connectivity index (χ2n) is 6.52. The summed E-state index contributed by atoms with van der Waals surface area (Å²) in [6.45, 7) is 0. The molecular weight excluding hydrogens is 334 g/mol. The molecule has 3 N–H and O–H groups in total. The van der Waals surface area contributed by atoms with Crippen LogP contribution in [0.2, 0.25) is 0 Å². The van der Waals surface area contributed by atoms with Crippen molar-refractivity contribution in [1.82, 2.24) is 9.97 Å². The highest BCUT2D eigenvalue weighted by molar-refractivity contribution is 5.96. The zero-order chi connectivity index (χ0) is 18.2. The largest absolute Gasteiger partial charge is 0.508 e. The summed E-state index contributed by atoms with van der Waals surface area (Å²) in [7, 11) is 0. The summed E-state index contributed by atoms with van der Waals surface area (Å²) in [6, 6.07) is 27.8. The molecule has 4 aromatic carbocycles. The Balaban J connectivity index is 1.54. The van der Waals surface area contributed by atoms with Gasteiger partial charge in [-0.05, 0) is 46.8 Å². The van der Waals surface area contributed by atoms with Gasteiger partial charge >= 0.3 is 0 Å². The number of H-pyrrole nitrogens is 1. The van der Waals surface area contributed by atoms with E-state index in [1.807, 2.05) is 48.5 Å². The molecule has 0 aliphatic carbocycles. The van der Waals surface area contributed by atoms with Crippen molar-refractivity contribution in [1.29, 1.82) is 0 Å². The fraction of sp³-hybridized carbons (Fsp3) is 0. The van der Waals surface area contributed by atoms with Gasteiger partial charge in [-0.2, -0.15) is 0 Å². The molecule has 5 rings (SSSR count). The Kier molecular flexibility index (Phi) is 3.54. The third kappa shape index (κ3) is 2.87. The highest BCUT2D eigenvalue weighted by Crippen LogP contribution is 2.30. The highest BCUT2D eigenvalue weighted by Gasteiger charge is 2.08. The van der Waals surface area contributed by atoms with Crippen molar-refractivity contribution < 1.29 is 5.11 Å². The van der Waals surface area contributed by atoms with Gasteiger partial charge in [0.15, 0.2) is 0 Å². The van der Waals surface area contributed by atoms with Crippen molar-refractivity contribution in [2.24, 2.45) is 0 Å². The molecule has 0 aliphatic rings. The molecular formula is C23H17N3O.